The Morgan fingerprint density at radius 2 is 0.912 bits per heavy atom. The molecule has 0 aromatic carbocycles. The molecule has 0 saturated carbocycles. The number of methoxy groups -OCH3 is 3. The topological polar surface area (TPSA) is 221 Å². The van der Waals surface area contributed by atoms with Gasteiger partial charge in [0.1, 0.15) is 38.9 Å². The lowest BCUT2D eigenvalue weighted by atomic mass is 8.56. The second-order valence-electron chi connectivity index (χ2n) is 16.3. The van der Waals surface area contributed by atoms with E-state index >= 15 is 0 Å². The van der Waals surface area contributed by atoms with Crippen LogP contribution in [0.15, 0.2) is 46.1 Å². The zero-order valence-electron chi connectivity index (χ0n) is 40.6. The Morgan fingerprint density at radius 1 is 0.603 bits per heavy atom. The van der Waals surface area contributed by atoms with Crippen LogP contribution in [0.5, 0.6) is 0 Å². The number of rotatable bonds is 16. The molecule has 5 rings (SSSR count). The predicted molar refractivity (Wildman–Crippen MR) is 287 cm³/mol. The molecule has 2 aliphatic heterocycles. The van der Waals surface area contributed by atoms with Crippen molar-refractivity contribution in [1.82, 2.24) is 29.9 Å². The van der Waals surface area contributed by atoms with Crippen LogP contribution >= 0.6 is 47.8 Å². The van der Waals surface area contributed by atoms with Gasteiger partial charge in [-0.25, -0.2) is 29.9 Å². The Balaban J connectivity index is 0.000000823. The molecule has 35 heteroatoms. The molecular formula is C33H54B14Br3N6O12. The van der Waals surface area contributed by atoms with Crippen LogP contribution in [-0.2, 0) is 62.1 Å². The van der Waals surface area contributed by atoms with Crippen LogP contribution in [0, 0.1) is 0 Å². The van der Waals surface area contributed by atoms with Gasteiger partial charge in [-0.15, -0.1) is 0 Å². The van der Waals surface area contributed by atoms with Crippen LogP contribution in [-0.4, -0.2) is 208 Å². The summed E-state index contributed by atoms with van der Waals surface area (Å²) in [5.41, 5.74) is -0.557. The van der Waals surface area contributed by atoms with E-state index in [4.69, 9.17) is 94.4 Å². The monoisotopic (exact) mass is 1120 g/mol. The highest BCUT2D eigenvalue weighted by molar-refractivity contribution is 9.10. The molecule has 0 atom stereocenters. The number of hydrogen-bond acceptors (Lipinski definition) is 18. The predicted octanol–water partition coefficient (Wildman–Crippen LogP) is -0.586. The minimum Gasteiger partial charge on any atom is -0.423 e. The molecule has 3 N–H and O–H groups in total. The molecule has 2 aliphatic rings. The van der Waals surface area contributed by atoms with Gasteiger partial charge in [-0.1, -0.05) is 15.9 Å². The molecule has 0 amide bonds. The van der Waals surface area contributed by atoms with Gasteiger partial charge < -0.3 is 57.5 Å². The Hall–Kier alpha value is -0.891. The van der Waals surface area contributed by atoms with Crippen LogP contribution in [0.4, 0.5) is 0 Å². The first-order chi connectivity index (χ1) is 31.7. The maximum Gasteiger partial charge on any atom is 0.491 e. The lowest BCUT2D eigenvalue weighted by molar-refractivity contribution is -0.0413. The summed E-state index contributed by atoms with van der Waals surface area (Å²) in [5.74, 6) is 1.56. The largest absolute Gasteiger partial charge is 0.491 e. The van der Waals surface area contributed by atoms with Crippen molar-refractivity contribution < 1.29 is 57.5 Å². The lowest BCUT2D eigenvalue weighted by Gasteiger charge is -2.32. The average Bonchev–Trinajstić information content (AvgIpc) is 3.64. The summed E-state index contributed by atoms with van der Waals surface area (Å²) in [7, 11) is 35.7. The van der Waals surface area contributed by atoms with Gasteiger partial charge >= 0.3 is 21.1 Å². The standard InChI is InChI=1S/C12H24B2O4.C7H11BN2O4.C7H9BrN2O2.C5H5BrN2O.C2H5BrO.B11/c1-9(2)10(3,4)16-13(15-9)14-17-11(5,6)12(7,8)18-14;1-13-5-14-4-7-9-2-6(3-10-7)8(11)12;1-11-5-12-4-7-9-2-6(8)3-10-7;6-4-1-7-5(3-9)8-2-4;1-4-2-3;1-7-10(6)11(8(2)3)9(4)5/h1-8H3;2-3,11-12H,4-5H2,1H3;2-3H,4-5H2,1H3;1-2,9H,3H2;2H2,1H3;. The van der Waals surface area contributed by atoms with Gasteiger partial charge in [-0.3, -0.25) is 0 Å². The van der Waals surface area contributed by atoms with E-state index in [0.717, 1.165) is 8.95 Å². The minimum atomic E-state index is -1.54. The molecule has 351 valence electrons. The summed E-state index contributed by atoms with van der Waals surface area (Å²) in [6.45, 7) is 17.1. The minimum absolute atomic E-state index is 0.104. The summed E-state index contributed by atoms with van der Waals surface area (Å²) in [6.07, 6.45) is 7.07. The number of nitrogens with zero attached hydrogens (tertiary/aromatic N) is 6. The molecule has 0 aliphatic carbocycles. The number of ether oxygens (including phenoxy) is 5. The van der Waals surface area contributed by atoms with Crippen molar-refractivity contribution in [1.29, 1.82) is 0 Å². The van der Waals surface area contributed by atoms with Crippen molar-refractivity contribution in [3.05, 3.63) is 63.6 Å². The maximum absolute atomic E-state index is 8.75. The zero-order valence-corrected chi connectivity index (χ0v) is 45.4. The van der Waals surface area contributed by atoms with Crippen LogP contribution in [0.1, 0.15) is 72.9 Å². The van der Waals surface area contributed by atoms with E-state index in [0.29, 0.717) is 29.6 Å². The molecule has 68 heavy (non-hydrogen) atoms. The van der Waals surface area contributed by atoms with E-state index < -0.39 is 40.3 Å². The van der Waals surface area contributed by atoms with E-state index in [-0.39, 0.29) is 61.1 Å². The highest BCUT2D eigenvalue weighted by Crippen LogP contribution is 2.43. The molecule has 2 fully saturated rings. The van der Waals surface area contributed by atoms with E-state index in [9.17, 15) is 0 Å². The van der Waals surface area contributed by atoms with Gasteiger partial charge in [-0.2, -0.15) is 0 Å². The average molecular weight is 1120 g/mol. The Kier molecular flexibility index (Phi) is 34.1. The summed E-state index contributed by atoms with van der Waals surface area (Å²) in [5, 5.41) is 26.0. The summed E-state index contributed by atoms with van der Waals surface area (Å²) in [4.78, 5) is 23.3. The van der Waals surface area contributed by atoms with Crippen molar-refractivity contribution in [3.8, 4) is 0 Å². The molecule has 13 radical (unpaired) electrons. The van der Waals surface area contributed by atoms with Gasteiger partial charge in [0.25, 0.3) is 0 Å². The molecule has 0 bridgehead atoms. The molecular weight excluding hydrogens is 1060 g/mol. The van der Waals surface area contributed by atoms with Crippen molar-refractivity contribution >= 4 is 153 Å². The van der Waals surface area contributed by atoms with Crippen molar-refractivity contribution in [2.75, 3.05) is 40.4 Å². The first kappa shape index (κ1) is 67.1. The smallest absolute Gasteiger partial charge is 0.423 e. The number of halogens is 3. The van der Waals surface area contributed by atoms with Crippen molar-refractivity contribution in [3.63, 3.8) is 0 Å². The fourth-order valence-corrected chi connectivity index (χ4v) is 5.15. The number of alkyl halides is 1. The third-order valence-corrected chi connectivity index (χ3v) is 11.1. The van der Waals surface area contributed by atoms with Gasteiger partial charge in [0.05, 0.1) is 31.3 Å². The molecule has 2 saturated heterocycles. The Labute approximate surface area is 439 Å². The van der Waals surface area contributed by atoms with Gasteiger partial charge in [-0.05, 0) is 87.2 Å². The normalized spacial score (nSPS) is 15.4. The third kappa shape index (κ3) is 25.7. The number of aromatic nitrogens is 6. The third-order valence-electron chi connectivity index (χ3n) is 9.81. The van der Waals surface area contributed by atoms with E-state index in [1.807, 2.05) is 55.4 Å². The molecule has 18 nitrogen and oxygen atoms in total. The van der Waals surface area contributed by atoms with Crippen molar-refractivity contribution in [2.24, 2.45) is 0 Å². The lowest BCUT2D eigenvalue weighted by Crippen LogP contribution is -2.63. The molecule has 0 unspecified atom stereocenters. The maximum atomic E-state index is 8.75. The van der Waals surface area contributed by atoms with Gasteiger partial charge in [0, 0.05) is 143 Å². The van der Waals surface area contributed by atoms with Crippen molar-refractivity contribution in [2.45, 2.75) is 97.6 Å². The van der Waals surface area contributed by atoms with Crippen LogP contribution in [0.2, 0.25) is 0 Å². The number of aliphatic hydroxyl groups excluding tert-OH is 1. The van der Waals surface area contributed by atoms with E-state index in [1.54, 1.807) is 39.0 Å². The van der Waals surface area contributed by atoms with Crippen LogP contribution in [0.25, 0.3) is 0 Å². The van der Waals surface area contributed by atoms with Gasteiger partial charge in [0.2, 0.25) is 0 Å². The zero-order chi connectivity index (χ0) is 52.3. The van der Waals surface area contributed by atoms with Crippen LogP contribution < -0.4 is 5.46 Å². The second kappa shape index (κ2) is 34.5. The first-order valence-electron chi connectivity index (χ1n) is 20.6. The fraction of sp³-hybridized carbons (Fsp3) is 0.636. The molecule has 3 aromatic heterocycles. The highest BCUT2D eigenvalue weighted by Gasteiger charge is 2.63. The van der Waals surface area contributed by atoms with Gasteiger partial charge in [0.15, 0.2) is 17.5 Å². The Morgan fingerprint density at radius 3 is 1.15 bits per heavy atom. The second-order valence-corrected chi connectivity index (χ2v) is 18.5. The number of hydrogen-bond donors (Lipinski definition) is 3. The fourth-order valence-electron chi connectivity index (χ4n) is 4.74. The highest BCUT2D eigenvalue weighted by atomic mass is 79.9. The SMILES string of the molecule is CC1(C)OB(B2OC(C)(C)C(C)(C)O2)OC1(C)C.COCBr.COCOCc1ncc(B(O)O)cn1.COCOCc1ncc(Br)cn1.OCc1ncc(Br)cn1.[B][B]B([B])B(B([B])[B])B([B])[B]. The quantitative estimate of drug-likeness (QED) is 0.0707. The summed E-state index contributed by atoms with van der Waals surface area (Å²) < 4.78 is 49.4. The molecule has 3 aromatic rings. The first-order valence-corrected chi connectivity index (χ1v) is 23.3. The molecule has 5 heterocycles. The summed E-state index contributed by atoms with van der Waals surface area (Å²) in [6, 6.07) is 0. The summed E-state index contributed by atoms with van der Waals surface area (Å²) >= 11 is 9.43. The van der Waals surface area contributed by atoms with E-state index in [2.05, 4.69) is 87.2 Å². The molecule has 0 spiro atoms. The number of aliphatic hydroxyl groups is 1. The Bertz CT molecular complexity index is 1700. The van der Waals surface area contributed by atoms with Crippen LogP contribution in [0.3, 0.4) is 0 Å². The van der Waals surface area contributed by atoms with E-state index in [1.165, 1.54) is 26.6 Å².